The average molecular weight is 503 g/mol. The van der Waals surface area contributed by atoms with Gasteiger partial charge in [-0.2, -0.15) is 4.31 Å². The first kappa shape index (κ1) is 26.8. The van der Waals surface area contributed by atoms with Gasteiger partial charge in [-0.1, -0.05) is 28.6 Å². The molecular formula is C20H30N4O7S2. The molecule has 0 radical (unpaired) electrons. The molecule has 0 saturated heterocycles. The molecular weight excluding hydrogens is 472 g/mol. The van der Waals surface area contributed by atoms with Crippen molar-refractivity contribution >= 4 is 38.1 Å². The lowest BCUT2D eigenvalue weighted by molar-refractivity contribution is -0.110. The third kappa shape index (κ3) is 7.84. The number of amides is 1. The summed E-state index contributed by atoms with van der Waals surface area (Å²) in [6.45, 7) is 0.862. The van der Waals surface area contributed by atoms with Gasteiger partial charge in [0.05, 0.1) is 23.0 Å². The van der Waals surface area contributed by atoms with Crippen LogP contribution < -0.4 is 5.32 Å². The Labute approximate surface area is 198 Å². The van der Waals surface area contributed by atoms with Gasteiger partial charge < -0.3 is 19.4 Å². The van der Waals surface area contributed by atoms with Crippen LogP contribution in [0.15, 0.2) is 40.5 Å². The molecule has 11 nitrogen and oxygen atoms in total. The van der Waals surface area contributed by atoms with Gasteiger partial charge in [-0.3, -0.25) is 10.1 Å². The van der Waals surface area contributed by atoms with Crippen molar-refractivity contribution < 1.29 is 34.1 Å². The number of hydrogen-bond acceptors (Lipinski definition) is 10. The normalized spacial score (nSPS) is 12.2. The lowest BCUT2D eigenvalue weighted by Crippen LogP contribution is -2.30. The molecule has 1 amide bonds. The molecule has 0 unspecified atom stereocenters. The molecule has 1 aromatic heterocycles. The van der Waals surface area contributed by atoms with Gasteiger partial charge in [0.2, 0.25) is 10.0 Å². The highest BCUT2D eigenvalue weighted by molar-refractivity contribution is 7.89. The van der Waals surface area contributed by atoms with Crippen LogP contribution in [-0.4, -0.2) is 82.1 Å². The van der Waals surface area contributed by atoms with Crippen molar-refractivity contribution in [1.82, 2.24) is 9.29 Å². The quantitative estimate of drug-likeness (QED) is 0.225. The predicted molar refractivity (Wildman–Crippen MR) is 126 cm³/mol. The Bertz CT molecular complexity index is 1030. The van der Waals surface area contributed by atoms with Crippen molar-refractivity contribution in [3.8, 4) is 0 Å². The van der Waals surface area contributed by atoms with Crippen LogP contribution in [-0.2, 0) is 35.7 Å². The molecule has 0 fully saturated rings. The van der Waals surface area contributed by atoms with E-state index in [1.165, 1.54) is 54.1 Å². The molecule has 33 heavy (non-hydrogen) atoms. The van der Waals surface area contributed by atoms with Crippen LogP contribution in [0, 0.1) is 0 Å². The molecule has 0 aliphatic heterocycles. The summed E-state index contributed by atoms with van der Waals surface area (Å²) in [6.07, 6.45) is 1.94. The van der Waals surface area contributed by atoms with Gasteiger partial charge in [0.15, 0.2) is 10.8 Å². The zero-order valence-electron chi connectivity index (χ0n) is 18.7. The van der Waals surface area contributed by atoms with Crippen molar-refractivity contribution in [2.45, 2.75) is 17.9 Å². The molecule has 0 spiro atoms. The van der Waals surface area contributed by atoms with E-state index < -0.39 is 15.9 Å². The molecule has 2 aromatic rings. The first-order valence-corrected chi connectivity index (χ1v) is 12.2. The zero-order valence-corrected chi connectivity index (χ0v) is 20.3. The van der Waals surface area contributed by atoms with Gasteiger partial charge >= 0.3 is 0 Å². The van der Waals surface area contributed by atoms with Crippen molar-refractivity contribution in [3.63, 3.8) is 0 Å². The Balaban J connectivity index is 0.00000578. The number of nitrogens with one attached hydrogen (secondary N) is 1. The number of likely N-dealkylation sites (N-methyl/N-ethyl adjacent to an activating group) is 1. The summed E-state index contributed by atoms with van der Waals surface area (Å²) >= 11 is 1.25. The molecule has 0 atom stereocenters. The molecule has 0 saturated carbocycles. The smallest absolute Gasteiger partial charge is 0.280 e. The minimum atomic E-state index is -3.72. The second-order valence-corrected chi connectivity index (χ2v) is 9.87. The van der Waals surface area contributed by atoms with Crippen LogP contribution >= 0.6 is 11.3 Å². The van der Waals surface area contributed by atoms with Crippen LogP contribution in [0.4, 0.5) is 5.13 Å². The molecule has 1 heterocycles. The number of methoxy groups -OCH3 is 2. The van der Waals surface area contributed by atoms with Crippen LogP contribution in [0.5, 0.6) is 0 Å². The monoisotopic (exact) mass is 502 g/mol. The lowest BCUT2D eigenvalue weighted by atomic mass is 10.1. The van der Waals surface area contributed by atoms with E-state index in [9.17, 15) is 13.2 Å². The number of carbonyl (C=O) groups excluding carboxylic acids is 1. The first-order valence-electron chi connectivity index (χ1n) is 9.95. The van der Waals surface area contributed by atoms with Crippen molar-refractivity contribution in [3.05, 3.63) is 40.9 Å². The molecule has 1 aromatic carbocycles. The number of aliphatic hydroxyl groups is 1. The first-order chi connectivity index (χ1) is 15.8. The van der Waals surface area contributed by atoms with E-state index in [0.29, 0.717) is 23.7 Å². The summed E-state index contributed by atoms with van der Waals surface area (Å²) < 4.78 is 36.5. The number of rotatable bonds is 14. The Hall–Kier alpha value is -2.42. The zero-order chi connectivity index (χ0) is 24.3. The van der Waals surface area contributed by atoms with E-state index in [2.05, 4.69) is 15.5 Å². The Morgan fingerprint density at radius 3 is 2.61 bits per heavy atom. The van der Waals surface area contributed by atoms with Crippen molar-refractivity contribution in [1.29, 1.82) is 0 Å². The Morgan fingerprint density at radius 2 is 1.97 bits per heavy atom. The van der Waals surface area contributed by atoms with Crippen molar-refractivity contribution in [2.24, 2.45) is 5.16 Å². The van der Waals surface area contributed by atoms with Crippen LogP contribution in [0.1, 0.15) is 18.3 Å². The summed E-state index contributed by atoms with van der Waals surface area (Å²) in [4.78, 5) is 23.1. The number of thiazole rings is 1. The summed E-state index contributed by atoms with van der Waals surface area (Å²) in [5.41, 5.74) is 0.289. The summed E-state index contributed by atoms with van der Waals surface area (Å²) in [5, 5.41) is 15.8. The number of sulfonamides is 1. The standard InChI is InChI=1S/C20H28N4O7S2.H2/c1-24(9-12-29-2)33(27,28)17-7-5-15(6-8-17)18(23-31-11-4-10-25)19(26)22-20-21-13-16(32-20)14-30-3;/h5-8,13,25H,4,9-12,14H2,1-3H3,(H,21,22,26);1H/b23-18+;. The second kappa shape index (κ2) is 13.3. The Morgan fingerprint density at radius 1 is 1.24 bits per heavy atom. The maximum Gasteiger partial charge on any atom is 0.280 e. The van der Waals surface area contributed by atoms with E-state index >= 15 is 0 Å². The number of hydrogen-bond donors (Lipinski definition) is 2. The highest BCUT2D eigenvalue weighted by Gasteiger charge is 2.22. The molecule has 2 N–H and O–H groups in total. The number of anilines is 1. The fourth-order valence-electron chi connectivity index (χ4n) is 2.50. The van der Waals surface area contributed by atoms with Gasteiger partial charge in [0.1, 0.15) is 6.61 Å². The number of aliphatic hydroxyl groups excluding tert-OH is 1. The van der Waals surface area contributed by atoms with Gasteiger partial charge in [-0.15, -0.1) is 0 Å². The third-order valence-corrected chi connectivity index (χ3v) is 7.03. The van der Waals surface area contributed by atoms with E-state index in [-0.39, 0.29) is 38.4 Å². The predicted octanol–water partition coefficient (Wildman–Crippen LogP) is 1.54. The molecule has 0 aliphatic carbocycles. The van der Waals surface area contributed by atoms with E-state index in [1.807, 2.05) is 0 Å². The van der Waals surface area contributed by atoms with E-state index in [1.54, 1.807) is 13.3 Å². The maximum atomic E-state index is 12.9. The third-order valence-electron chi connectivity index (χ3n) is 4.27. The number of aromatic nitrogens is 1. The lowest BCUT2D eigenvalue weighted by Gasteiger charge is -2.17. The number of benzene rings is 1. The average Bonchev–Trinajstić information content (AvgIpc) is 3.24. The Kier molecular flexibility index (Phi) is 10.8. The van der Waals surface area contributed by atoms with Gasteiger partial charge in [0.25, 0.3) is 5.91 Å². The maximum absolute atomic E-state index is 12.9. The highest BCUT2D eigenvalue weighted by Crippen LogP contribution is 2.20. The topological polar surface area (TPSA) is 140 Å². The summed E-state index contributed by atoms with van der Waals surface area (Å²) in [7, 11) is 0.801. The van der Waals surface area contributed by atoms with Gasteiger partial charge in [0, 0.05) is 54.0 Å². The van der Waals surface area contributed by atoms with Crippen LogP contribution in [0.25, 0.3) is 0 Å². The summed E-state index contributed by atoms with van der Waals surface area (Å²) in [5.74, 6) is -0.579. The highest BCUT2D eigenvalue weighted by atomic mass is 32.2. The van der Waals surface area contributed by atoms with Crippen LogP contribution in [0.2, 0.25) is 0 Å². The molecule has 13 heteroatoms. The van der Waals surface area contributed by atoms with E-state index in [4.69, 9.17) is 19.4 Å². The summed E-state index contributed by atoms with van der Waals surface area (Å²) in [6, 6.07) is 5.74. The largest absolute Gasteiger partial charge is 0.396 e. The van der Waals surface area contributed by atoms with E-state index in [0.717, 1.165) is 4.88 Å². The number of ether oxygens (including phenoxy) is 2. The van der Waals surface area contributed by atoms with Crippen LogP contribution in [0.3, 0.4) is 0 Å². The number of carbonyl (C=O) groups is 1. The fraction of sp³-hybridized carbons (Fsp3) is 0.450. The van der Waals surface area contributed by atoms with Gasteiger partial charge in [-0.25, -0.2) is 13.4 Å². The number of oxime groups is 1. The number of nitrogens with zero attached hydrogens (tertiary/aromatic N) is 3. The second-order valence-electron chi connectivity index (χ2n) is 6.71. The fourth-order valence-corrected chi connectivity index (χ4v) is 4.43. The minimum absolute atomic E-state index is 0. The van der Waals surface area contributed by atoms with Crippen molar-refractivity contribution in [2.75, 3.05) is 52.9 Å². The molecule has 2 rings (SSSR count). The molecule has 0 bridgehead atoms. The minimum Gasteiger partial charge on any atom is -0.396 e. The molecule has 184 valence electrons. The molecule has 0 aliphatic rings. The SMILES string of the molecule is COCCN(C)S(=O)(=O)c1ccc(/C(=N\OCCCO)C(=O)Nc2ncc(COC)s2)cc1.[HH]. The van der Waals surface area contributed by atoms with Gasteiger partial charge in [-0.05, 0) is 12.1 Å².